The van der Waals surface area contributed by atoms with Crippen LogP contribution in [0.2, 0.25) is 0 Å². The summed E-state index contributed by atoms with van der Waals surface area (Å²) in [5.41, 5.74) is 13.4. The molecule has 0 atom stereocenters. The molecule has 0 aliphatic heterocycles. The molecule has 2 aromatic rings. The molecule has 5 nitrogen and oxygen atoms in total. The summed E-state index contributed by atoms with van der Waals surface area (Å²) < 4.78 is 0. The van der Waals surface area contributed by atoms with Gasteiger partial charge in [0.15, 0.2) is 0 Å². The topological polar surface area (TPSA) is 94.0 Å². The number of carbonyl (C=O) groups is 1. The molecule has 5 heteroatoms. The quantitative estimate of drug-likeness (QED) is 0.708. The van der Waals surface area contributed by atoms with Crippen molar-refractivity contribution >= 4 is 17.3 Å². The fourth-order valence-corrected chi connectivity index (χ4v) is 1.48. The number of carbonyl (C=O) groups excluding carboxylic acids is 1. The second kappa shape index (κ2) is 5.29. The van der Waals surface area contributed by atoms with E-state index in [4.69, 9.17) is 11.5 Å². The van der Waals surface area contributed by atoms with E-state index in [1.54, 1.807) is 42.5 Å². The van der Waals surface area contributed by atoms with Crippen molar-refractivity contribution in [2.24, 2.45) is 5.73 Å². The van der Waals surface area contributed by atoms with Gasteiger partial charge in [0.25, 0.3) is 5.91 Å². The van der Waals surface area contributed by atoms with Gasteiger partial charge in [0.1, 0.15) is 5.69 Å². The van der Waals surface area contributed by atoms with Crippen LogP contribution in [0.15, 0.2) is 42.5 Å². The molecule has 0 fully saturated rings. The maximum atomic E-state index is 11.9. The Morgan fingerprint density at radius 1 is 1.17 bits per heavy atom. The largest absolute Gasteiger partial charge is 0.399 e. The van der Waals surface area contributed by atoms with Crippen LogP contribution in [-0.2, 0) is 6.54 Å². The summed E-state index contributed by atoms with van der Waals surface area (Å²) >= 11 is 0. The summed E-state index contributed by atoms with van der Waals surface area (Å²) in [4.78, 5) is 16.1. The Morgan fingerprint density at radius 2 is 1.89 bits per heavy atom. The highest BCUT2D eigenvalue weighted by molar-refractivity contribution is 6.02. The summed E-state index contributed by atoms with van der Waals surface area (Å²) in [6.07, 6.45) is 0. The van der Waals surface area contributed by atoms with Gasteiger partial charge in [-0.05, 0) is 36.4 Å². The van der Waals surface area contributed by atoms with Crippen molar-refractivity contribution in [2.45, 2.75) is 6.54 Å². The van der Waals surface area contributed by atoms with Gasteiger partial charge in [-0.3, -0.25) is 4.79 Å². The number of amides is 1. The zero-order chi connectivity index (χ0) is 13.0. The van der Waals surface area contributed by atoms with Gasteiger partial charge in [-0.15, -0.1) is 0 Å². The molecule has 0 saturated heterocycles. The first-order valence-corrected chi connectivity index (χ1v) is 5.52. The van der Waals surface area contributed by atoms with Crippen LogP contribution in [0, 0.1) is 0 Å². The molecule has 2 rings (SSSR count). The molecule has 0 aliphatic rings. The second-order valence-corrected chi connectivity index (χ2v) is 3.79. The van der Waals surface area contributed by atoms with Crippen molar-refractivity contribution in [3.05, 3.63) is 53.9 Å². The van der Waals surface area contributed by atoms with Crippen molar-refractivity contribution in [1.29, 1.82) is 0 Å². The molecule has 1 heterocycles. The third-order valence-corrected chi connectivity index (χ3v) is 2.42. The second-order valence-electron chi connectivity index (χ2n) is 3.79. The van der Waals surface area contributed by atoms with Crippen molar-refractivity contribution in [2.75, 3.05) is 11.1 Å². The monoisotopic (exact) mass is 242 g/mol. The van der Waals surface area contributed by atoms with E-state index in [0.717, 1.165) is 0 Å². The Bertz CT molecular complexity index is 551. The van der Waals surface area contributed by atoms with E-state index in [2.05, 4.69) is 10.3 Å². The number of aromatic nitrogens is 1. The number of nitrogens with two attached hydrogens (primary N) is 2. The molecule has 0 bridgehead atoms. The first-order valence-electron chi connectivity index (χ1n) is 5.52. The van der Waals surface area contributed by atoms with Crippen LogP contribution in [0.1, 0.15) is 16.2 Å². The lowest BCUT2D eigenvalue weighted by molar-refractivity contribution is 0.102. The zero-order valence-electron chi connectivity index (χ0n) is 9.76. The Balaban J connectivity index is 2.14. The molecule has 0 spiro atoms. The first-order chi connectivity index (χ1) is 8.69. The van der Waals surface area contributed by atoms with Gasteiger partial charge in [-0.25, -0.2) is 4.98 Å². The predicted molar refractivity (Wildman–Crippen MR) is 70.9 cm³/mol. The van der Waals surface area contributed by atoms with E-state index in [1.165, 1.54) is 0 Å². The lowest BCUT2D eigenvalue weighted by Gasteiger charge is -2.05. The molecule has 1 aromatic heterocycles. The summed E-state index contributed by atoms with van der Waals surface area (Å²) in [5, 5.41) is 2.74. The van der Waals surface area contributed by atoms with E-state index >= 15 is 0 Å². The fraction of sp³-hybridized carbons (Fsp3) is 0.0769. The number of nitrogen functional groups attached to an aromatic ring is 1. The van der Waals surface area contributed by atoms with Crippen LogP contribution in [0.25, 0.3) is 0 Å². The minimum atomic E-state index is -0.268. The van der Waals surface area contributed by atoms with Crippen molar-refractivity contribution in [3.63, 3.8) is 0 Å². The maximum Gasteiger partial charge on any atom is 0.274 e. The molecule has 1 amide bonds. The Kier molecular flexibility index (Phi) is 3.54. The highest BCUT2D eigenvalue weighted by atomic mass is 16.1. The van der Waals surface area contributed by atoms with Crippen LogP contribution in [0.3, 0.4) is 0 Å². The lowest BCUT2D eigenvalue weighted by Crippen LogP contribution is -2.15. The van der Waals surface area contributed by atoms with Gasteiger partial charge in [0, 0.05) is 17.9 Å². The molecular formula is C13H14N4O. The third kappa shape index (κ3) is 2.83. The van der Waals surface area contributed by atoms with Gasteiger partial charge in [0.2, 0.25) is 0 Å². The molecule has 18 heavy (non-hydrogen) atoms. The van der Waals surface area contributed by atoms with Crippen molar-refractivity contribution in [1.82, 2.24) is 4.98 Å². The number of hydrogen-bond donors (Lipinski definition) is 3. The number of nitrogens with one attached hydrogen (secondary N) is 1. The van der Waals surface area contributed by atoms with E-state index < -0.39 is 0 Å². The minimum absolute atomic E-state index is 0.268. The third-order valence-electron chi connectivity index (χ3n) is 2.42. The number of rotatable bonds is 3. The smallest absolute Gasteiger partial charge is 0.274 e. The highest BCUT2D eigenvalue weighted by Gasteiger charge is 2.07. The number of nitrogens with zero attached hydrogens (tertiary/aromatic N) is 1. The first kappa shape index (κ1) is 12.1. The number of benzene rings is 1. The van der Waals surface area contributed by atoms with Gasteiger partial charge in [-0.1, -0.05) is 6.07 Å². The molecule has 1 aromatic carbocycles. The Labute approximate surface area is 105 Å². The SMILES string of the molecule is NCc1cccc(C(=O)Nc2ccc(N)cc2)n1. The highest BCUT2D eigenvalue weighted by Crippen LogP contribution is 2.11. The Hall–Kier alpha value is -2.40. The predicted octanol–water partition coefficient (Wildman–Crippen LogP) is 1.37. The van der Waals surface area contributed by atoms with Crippen molar-refractivity contribution < 1.29 is 4.79 Å². The van der Waals surface area contributed by atoms with Gasteiger partial charge < -0.3 is 16.8 Å². The van der Waals surface area contributed by atoms with Crippen LogP contribution in [-0.4, -0.2) is 10.9 Å². The van der Waals surface area contributed by atoms with Crippen LogP contribution in [0.5, 0.6) is 0 Å². The minimum Gasteiger partial charge on any atom is -0.399 e. The maximum absolute atomic E-state index is 11.9. The summed E-state index contributed by atoms with van der Waals surface area (Å²) in [6.45, 7) is 0.309. The van der Waals surface area contributed by atoms with E-state index in [-0.39, 0.29) is 5.91 Å². The molecule has 5 N–H and O–H groups in total. The number of anilines is 2. The lowest BCUT2D eigenvalue weighted by atomic mass is 10.2. The summed E-state index contributed by atoms with van der Waals surface area (Å²) in [5.74, 6) is -0.268. The molecule has 0 saturated carbocycles. The zero-order valence-corrected chi connectivity index (χ0v) is 9.76. The van der Waals surface area contributed by atoms with E-state index in [0.29, 0.717) is 29.3 Å². The van der Waals surface area contributed by atoms with Crippen molar-refractivity contribution in [3.8, 4) is 0 Å². The van der Waals surface area contributed by atoms with Crippen LogP contribution in [0.4, 0.5) is 11.4 Å². The van der Waals surface area contributed by atoms with E-state index in [9.17, 15) is 4.79 Å². The van der Waals surface area contributed by atoms with Gasteiger partial charge in [0.05, 0.1) is 5.69 Å². The number of hydrogen-bond acceptors (Lipinski definition) is 4. The average Bonchev–Trinajstić information content (AvgIpc) is 2.41. The standard InChI is InChI=1S/C13H14N4O/c14-8-11-2-1-3-12(16-11)13(18)17-10-6-4-9(15)5-7-10/h1-7H,8,14-15H2,(H,17,18). The summed E-state index contributed by atoms with van der Waals surface area (Å²) in [6, 6.07) is 12.1. The molecular weight excluding hydrogens is 228 g/mol. The normalized spacial score (nSPS) is 10.1. The molecule has 0 aliphatic carbocycles. The fourth-order valence-electron chi connectivity index (χ4n) is 1.48. The van der Waals surface area contributed by atoms with Crippen LogP contribution < -0.4 is 16.8 Å². The van der Waals surface area contributed by atoms with Gasteiger partial charge in [-0.2, -0.15) is 0 Å². The van der Waals surface area contributed by atoms with Gasteiger partial charge >= 0.3 is 0 Å². The molecule has 0 radical (unpaired) electrons. The molecule has 0 unspecified atom stereocenters. The van der Waals surface area contributed by atoms with Crippen LogP contribution >= 0.6 is 0 Å². The Morgan fingerprint density at radius 3 is 2.56 bits per heavy atom. The number of pyridine rings is 1. The average molecular weight is 242 g/mol. The summed E-state index contributed by atoms with van der Waals surface area (Å²) in [7, 11) is 0. The molecule has 92 valence electrons. The van der Waals surface area contributed by atoms with E-state index in [1.807, 2.05) is 0 Å².